The molecule has 0 spiro atoms. The molecule has 1 aromatic carbocycles. The first kappa shape index (κ1) is 20.5. The van der Waals surface area contributed by atoms with Gasteiger partial charge in [0.1, 0.15) is 11.1 Å². The number of methoxy groups -OCH3 is 2. The predicted molar refractivity (Wildman–Crippen MR) is 110 cm³/mol. The predicted octanol–water partition coefficient (Wildman–Crippen LogP) is 1.92. The molecule has 1 N–H and O–H groups in total. The van der Waals surface area contributed by atoms with Crippen LogP contribution in [0, 0.1) is 0 Å². The number of imidazole rings is 1. The molecule has 0 unspecified atom stereocenters. The third-order valence-electron chi connectivity index (χ3n) is 5.04. The lowest BCUT2D eigenvalue weighted by Crippen LogP contribution is -2.34. The molecular formula is C21H21N3O7. The number of furan rings is 1. The number of aliphatic hydroxyl groups is 1. The van der Waals surface area contributed by atoms with E-state index in [1.807, 2.05) is 0 Å². The summed E-state index contributed by atoms with van der Waals surface area (Å²) < 4.78 is 24.0. The molecule has 0 fully saturated rings. The number of rotatable bonds is 7. The monoisotopic (exact) mass is 427 g/mol. The molecule has 0 saturated heterocycles. The Hall–Kier alpha value is -3.79. The molecule has 1 amide bonds. The van der Waals surface area contributed by atoms with Crippen LogP contribution >= 0.6 is 0 Å². The van der Waals surface area contributed by atoms with Crippen molar-refractivity contribution in [3.8, 4) is 11.5 Å². The third-order valence-corrected chi connectivity index (χ3v) is 5.04. The molecule has 0 saturated carbocycles. The molecule has 3 aromatic heterocycles. The van der Waals surface area contributed by atoms with E-state index in [9.17, 15) is 14.7 Å². The van der Waals surface area contributed by atoms with Crippen LogP contribution in [0.1, 0.15) is 16.2 Å². The van der Waals surface area contributed by atoms with Gasteiger partial charge < -0.3 is 32.9 Å². The maximum absolute atomic E-state index is 13.2. The van der Waals surface area contributed by atoms with Crippen molar-refractivity contribution in [2.75, 3.05) is 27.4 Å². The fourth-order valence-corrected chi connectivity index (χ4v) is 3.53. The molecule has 0 aliphatic heterocycles. The molecule has 4 rings (SSSR count). The van der Waals surface area contributed by atoms with Gasteiger partial charge in [-0.05, 0) is 6.07 Å². The highest BCUT2D eigenvalue weighted by molar-refractivity contribution is 6.07. The van der Waals surface area contributed by atoms with E-state index < -0.39 is 11.3 Å². The Morgan fingerprint density at radius 1 is 1.26 bits per heavy atom. The van der Waals surface area contributed by atoms with Crippen molar-refractivity contribution >= 4 is 27.8 Å². The first-order valence-electron chi connectivity index (χ1n) is 9.44. The summed E-state index contributed by atoms with van der Waals surface area (Å²) in [4.78, 5) is 31.6. The van der Waals surface area contributed by atoms with Crippen LogP contribution in [0.25, 0.3) is 21.9 Å². The van der Waals surface area contributed by atoms with Crippen LogP contribution in [0.15, 0.2) is 44.5 Å². The maximum Gasteiger partial charge on any atom is 0.290 e. The van der Waals surface area contributed by atoms with Crippen LogP contribution < -0.4 is 14.9 Å². The molecule has 0 atom stereocenters. The number of hydrogen-bond donors (Lipinski definition) is 1. The lowest BCUT2D eigenvalue weighted by Gasteiger charge is -2.21. The number of nitrogens with zero attached hydrogens (tertiary/aromatic N) is 3. The second kappa shape index (κ2) is 8.15. The van der Waals surface area contributed by atoms with Crippen molar-refractivity contribution in [2.24, 2.45) is 7.05 Å². The van der Waals surface area contributed by atoms with Gasteiger partial charge in [-0.25, -0.2) is 4.98 Å². The average Bonchev–Trinajstić information content (AvgIpc) is 3.40. The summed E-state index contributed by atoms with van der Waals surface area (Å²) in [5.74, 6) is -0.300. The van der Waals surface area contributed by atoms with E-state index in [1.165, 1.54) is 25.4 Å². The number of aromatic nitrogens is 2. The number of fused-ring (bicyclic) bond motifs is 2. The highest BCUT2D eigenvalue weighted by atomic mass is 16.5. The molecule has 10 heteroatoms. The summed E-state index contributed by atoms with van der Waals surface area (Å²) in [6.45, 7) is -0.0374. The molecule has 3 heterocycles. The summed E-state index contributed by atoms with van der Waals surface area (Å²) in [6, 6.07) is 2.78. The molecule has 0 aliphatic rings. The quantitative estimate of drug-likeness (QED) is 0.475. The zero-order valence-corrected chi connectivity index (χ0v) is 17.2. The molecule has 162 valence electrons. The first-order chi connectivity index (χ1) is 15.0. The summed E-state index contributed by atoms with van der Waals surface area (Å²) in [5, 5.41) is 10.1. The number of amides is 1. The van der Waals surface area contributed by atoms with Crippen LogP contribution in [-0.4, -0.2) is 52.8 Å². The Morgan fingerprint density at radius 3 is 2.68 bits per heavy atom. The summed E-state index contributed by atoms with van der Waals surface area (Å²) in [6.07, 6.45) is 4.68. The summed E-state index contributed by atoms with van der Waals surface area (Å²) >= 11 is 0. The van der Waals surface area contributed by atoms with Crippen molar-refractivity contribution < 1.29 is 28.2 Å². The van der Waals surface area contributed by atoms with Gasteiger partial charge in [-0.3, -0.25) is 9.59 Å². The first-order valence-corrected chi connectivity index (χ1v) is 9.44. The second-order valence-corrected chi connectivity index (χ2v) is 6.86. The van der Waals surface area contributed by atoms with Crippen LogP contribution in [0.3, 0.4) is 0 Å². The Kier molecular flexibility index (Phi) is 5.38. The molecule has 31 heavy (non-hydrogen) atoms. The van der Waals surface area contributed by atoms with Crippen molar-refractivity contribution in [3.63, 3.8) is 0 Å². The lowest BCUT2D eigenvalue weighted by molar-refractivity contribution is 0.0672. The summed E-state index contributed by atoms with van der Waals surface area (Å²) in [5.41, 5.74) is 0.664. The largest absolute Gasteiger partial charge is 0.495 e. The number of aliphatic hydroxyl groups excluding tert-OH is 1. The topological polar surface area (TPSA) is 120 Å². The van der Waals surface area contributed by atoms with E-state index in [4.69, 9.17) is 18.3 Å². The van der Waals surface area contributed by atoms with E-state index >= 15 is 0 Å². The van der Waals surface area contributed by atoms with Gasteiger partial charge in [-0.1, -0.05) is 0 Å². The number of ether oxygens (including phenoxy) is 2. The molecule has 4 aromatic rings. The van der Waals surface area contributed by atoms with Gasteiger partial charge in [0.05, 0.1) is 51.0 Å². The van der Waals surface area contributed by atoms with Gasteiger partial charge >= 0.3 is 0 Å². The molecule has 0 radical (unpaired) electrons. The van der Waals surface area contributed by atoms with Gasteiger partial charge in [0, 0.05) is 25.9 Å². The van der Waals surface area contributed by atoms with Crippen LogP contribution in [0.5, 0.6) is 11.5 Å². The van der Waals surface area contributed by atoms with Gasteiger partial charge in [-0.2, -0.15) is 0 Å². The average molecular weight is 427 g/mol. The summed E-state index contributed by atoms with van der Waals surface area (Å²) in [7, 11) is 4.65. The molecular weight excluding hydrogens is 406 g/mol. The molecule has 0 bridgehead atoms. The zero-order valence-electron chi connectivity index (χ0n) is 17.2. The van der Waals surface area contributed by atoms with Crippen molar-refractivity contribution in [1.29, 1.82) is 0 Å². The number of aryl methyl sites for hydroxylation is 1. The minimum Gasteiger partial charge on any atom is -0.495 e. The fourth-order valence-electron chi connectivity index (χ4n) is 3.53. The van der Waals surface area contributed by atoms with Gasteiger partial charge in [0.15, 0.2) is 22.4 Å². The number of benzene rings is 1. The maximum atomic E-state index is 13.2. The van der Waals surface area contributed by atoms with Gasteiger partial charge in [0.25, 0.3) is 5.91 Å². The Balaban J connectivity index is 1.87. The Morgan fingerprint density at radius 2 is 2.03 bits per heavy atom. The van der Waals surface area contributed by atoms with E-state index in [1.54, 1.807) is 30.2 Å². The van der Waals surface area contributed by atoms with E-state index in [-0.39, 0.29) is 47.9 Å². The van der Waals surface area contributed by atoms with Crippen molar-refractivity contribution in [2.45, 2.75) is 6.54 Å². The Labute approximate surface area is 176 Å². The lowest BCUT2D eigenvalue weighted by atomic mass is 10.1. The molecule has 10 nitrogen and oxygen atoms in total. The third kappa shape index (κ3) is 3.40. The minimum absolute atomic E-state index is 0.0436. The van der Waals surface area contributed by atoms with Gasteiger partial charge in [-0.15, -0.1) is 0 Å². The van der Waals surface area contributed by atoms with Gasteiger partial charge in [0.2, 0.25) is 5.75 Å². The van der Waals surface area contributed by atoms with E-state index in [2.05, 4.69) is 4.98 Å². The number of hydrogen-bond acceptors (Lipinski definition) is 8. The highest BCUT2D eigenvalue weighted by Gasteiger charge is 2.26. The Bertz CT molecular complexity index is 1320. The number of carbonyl (C=O) groups is 1. The standard InChI is InChI=1S/C21H21N3O7/c1-23-11-22-9-12(23)10-24(5-6-25)21(27)15-8-14(26)16-17(28-2)13-4-7-30-18(13)20(29-3)19(16)31-15/h4,7-9,11,25H,5-6,10H2,1-3H3. The smallest absolute Gasteiger partial charge is 0.290 e. The normalized spacial score (nSPS) is 11.2. The fraction of sp³-hybridized carbons (Fsp3) is 0.286. The highest BCUT2D eigenvalue weighted by Crippen LogP contribution is 2.42. The van der Waals surface area contributed by atoms with Crippen molar-refractivity contribution in [1.82, 2.24) is 14.5 Å². The SMILES string of the molecule is COc1c2occc2c(OC)c2c(=O)cc(C(=O)N(CCO)Cc3cncn3C)oc12. The molecule has 0 aliphatic carbocycles. The van der Waals surface area contributed by atoms with Crippen molar-refractivity contribution in [3.05, 3.63) is 52.6 Å². The van der Waals surface area contributed by atoms with Crippen LogP contribution in [0.2, 0.25) is 0 Å². The van der Waals surface area contributed by atoms with Crippen LogP contribution in [-0.2, 0) is 13.6 Å². The van der Waals surface area contributed by atoms with Crippen LogP contribution in [0.4, 0.5) is 0 Å². The minimum atomic E-state index is -0.560. The van der Waals surface area contributed by atoms with E-state index in [0.29, 0.717) is 11.0 Å². The van der Waals surface area contributed by atoms with E-state index in [0.717, 1.165) is 11.8 Å². The number of carbonyl (C=O) groups excluding carboxylic acids is 1. The zero-order chi connectivity index (χ0) is 22.1. The second-order valence-electron chi connectivity index (χ2n) is 6.86.